The van der Waals surface area contributed by atoms with Gasteiger partial charge in [-0.1, -0.05) is 124 Å². The summed E-state index contributed by atoms with van der Waals surface area (Å²) in [5.74, 6) is -0.924. The van der Waals surface area contributed by atoms with Gasteiger partial charge >= 0.3 is 19.8 Å². The van der Waals surface area contributed by atoms with Crippen LogP contribution in [0.15, 0.2) is 97.2 Å². The lowest BCUT2D eigenvalue weighted by molar-refractivity contribution is -0.870. The summed E-state index contributed by atoms with van der Waals surface area (Å²) < 4.78 is 34.1. The number of phosphoric acid groups is 1. The van der Waals surface area contributed by atoms with Gasteiger partial charge in [-0.2, -0.15) is 0 Å². The van der Waals surface area contributed by atoms with Crippen molar-refractivity contribution in [3.05, 3.63) is 97.2 Å². The molecule has 56 heavy (non-hydrogen) atoms. The second-order valence-electron chi connectivity index (χ2n) is 14.6. The Hall–Kier alpha value is -3.07. The lowest BCUT2D eigenvalue weighted by atomic mass is 10.1. The number of ether oxygens (including phenoxy) is 2. The first kappa shape index (κ1) is 52.9. The molecule has 0 radical (unpaired) electrons. The summed E-state index contributed by atoms with van der Waals surface area (Å²) in [4.78, 5) is 35.3. The lowest BCUT2D eigenvalue weighted by Crippen LogP contribution is -2.37. The first-order chi connectivity index (χ1) is 27.0. The van der Waals surface area contributed by atoms with Gasteiger partial charge in [0.1, 0.15) is 19.8 Å². The number of quaternary nitrogens is 1. The summed E-state index contributed by atoms with van der Waals surface area (Å²) in [6, 6.07) is 0. The van der Waals surface area contributed by atoms with E-state index in [-0.39, 0.29) is 26.1 Å². The van der Waals surface area contributed by atoms with Gasteiger partial charge < -0.3 is 18.9 Å². The molecule has 0 aliphatic rings. The van der Waals surface area contributed by atoms with Crippen LogP contribution in [-0.4, -0.2) is 74.9 Å². The highest BCUT2D eigenvalue weighted by atomic mass is 31.2. The van der Waals surface area contributed by atoms with Crippen molar-refractivity contribution in [1.82, 2.24) is 0 Å². The Labute approximate surface area is 341 Å². The zero-order valence-electron chi connectivity index (χ0n) is 35.6. The molecule has 10 heteroatoms. The van der Waals surface area contributed by atoms with Crippen molar-refractivity contribution in [2.45, 2.75) is 136 Å². The molecule has 0 aromatic heterocycles. The summed E-state index contributed by atoms with van der Waals surface area (Å²) in [5.41, 5.74) is 0. The molecule has 0 heterocycles. The Kier molecular flexibility index (Phi) is 35.4. The SMILES string of the molecule is CC/C=C\C/C=C\C/C=C\C/C=C\C/C=C\CCCC(=O)O[C@H](COC(=O)CCCC/C=C\C/C=C\C/C=C\CCCCC)COP(=O)(O)OCC[N+](C)(C)C. The van der Waals surface area contributed by atoms with Gasteiger partial charge in [0, 0.05) is 12.8 Å². The molecule has 0 rings (SSSR count). The minimum Gasteiger partial charge on any atom is -0.462 e. The Balaban J connectivity index is 4.59. The van der Waals surface area contributed by atoms with E-state index >= 15 is 0 Å². The number of hydrogen-bond acceptors (Lipinski definition) is 7. The maximum Gasteiger partial charge on any atom is 0.472 e. The predicted octanol–water partition coefficient (Wildman–Crippen LogP) is 11.8. The zero-order chi connectivity index (χ0) is 41.4. The van der Waals surface area contributed by atoms with E-state index in [1.165, 1.54) is 19.3 Å². The Morgan fingerprint density at radius 3 is 1.50 bits per heavy atom. The van der Waals surface area contributed by atoms with Crippen LogP contribution in [0, 0.1) is 0 Å². The predicted molar refractivity (Wildman–Crippen MR) is 233 cm³/mol. The molecule has 9 nitrogen and oxygen atoms in total. The lowest BCUT2D eigenvalue weighted by Gasteiger charge is -2.24. The summed E-state index contributed by atoms with van der Waals surface area (Å²) >= 11 is 0. The second kappa shape index (κ2) is 37.5. The topological polar surface area (TPSA) is 108 Å². The third-order valence-corrected chi connectivity index (χ3v) is 9.08. The maximum atomic E-state index is 12.6. The van der Waals surface area contributed by atoms with Crippen LogP contribution < -0.4 is 0 Å². The zero-order valence-corrected chi connectivity index (χ0v) is 36.5. The molecule has 1 N–H and O–H groups in total. The van der Waals surface area contributed by atoms with Crippen molar-refractivity contribution in [2.75, 3.05) is 47.5 Å². The fraction of sp³-hybridized carbons (Fsp3) is 0.609. The third kappa shape index (κ3) is 40.6. The summed E-state index contributed by atoms with van der Waals surface area (Å²) in [6.07, 6.45) is 49.0. The van der Waals surface area contributed by atoms with Gasteiger partial charge in [0.2, 0.25) is 0 Å². The van der Waals surface area contributed by atoms with Gasteiger partial charge in [0.25, 0.3) is 0 Å². The van der Waals surface area contributed by atoms with Crippen LogP contribution in [0.1, 0.15) is 129 Å². The smallest absolute Gasteiger partial charge is 0.462 e. The van der Waals surface area contributed by atoms with E-state index in [1.54, 1.807) is 0 Å². The molecular weight excluding hydrogens is 725 g/mol. The van der Waals surface area contributed by atoms with E-state index in [4.69, 9.17) is 18.5 Å². The number of allylic oxidation sites excluding steroid dienone is 16. The molecule has 0 bridgehead atoms. The number of nitrogens with zero attached hydrogens (tertiary/aromatic N) is 1. The fourth-order valence-corrected chi connectivity index (χ4v) is 5.56. The van der Waals surface area contributed by atoms with E-state index in [2.05, 4.69) is 105 Å². The number of hydrogen-bond donors (Lipinski definition) is 1. The van der Waals surface area contributed by atoms with Gasteiger partial charge in [-0.05, 0) is 89.9 Å². The van der Waals surface area contributed by atoms with Crippen LogP contribution in [0.3, 0.4) is 0 Å². The highest BCUT2D eigenvalue weighted by molar-refractivity contribution is 7.47. The molecule has 0 aliphatic carbocycles. The van der Waals surface area contributed by atoms with E-state index in [9.17, 15) is 19.0 Å². The molecule has 0 saturated carbocycles. The molecule has 0 aromatic rings. The van der Waals surface area contributed by atoms with Gasteiger partial charge in [-0.25, -0.2) is 4.57 Å². The van der Waals surface area contributed by atoms with Gasteiger partial charge in [0.05, 0.1) is 27.7 Å². The molecule has 0 aliphatic heterocycles. The van der Waals surface area contributed by atoms with Crippen LogP contribution >= 0.6 is 7.82 Å². The van der Waals surface area contributed by atoms with E-state index in [0.29, 0.717) is 30.3 Å². The van der Waals surface area contributed by atoms with Crippen LogP contribution in [-0.2, 0) is 32.7 Å². The summed E-state index contributed by atoms with van der Waals surface area (Å²) in [6.45, 7) is 4.13. The van der Waals surface area contributed by atoms with Crippen molar-refractivity contribution in [2.24, 2.45) is 0 Å². The number of carbonyl (C=O) groups is 2. The quantitative estimate of drug-likeness (QED) is 0.0219. The van der Waals surface area contributed by atoms with Crippen LogP contribution in [0.25, 0.3) is 0 Å². The van der Waals surface area contributed by atoms with Crippen molar-refractivity contribution < 1.29 is 42.1 Å². The second-order valence-corrected chi connectivity index (χ2v) is 16.1. The van der Waals surface area contributed by atoms with Crippen molar-refractivity contribution in [3.63, 3.8) is 0 Å². The normalized spacial score (nSPS) is 14.6. The van der Waals surface area contributed by atoms with E-state index in [1.807, 2.05) is 27.2 Å². The maximum absolute atomic E-state index is 12.6. The van der Waals surface area contributed by atoms with Crippen molar-refractivity contribution in [1.29, 1.82) is 0 Å². The van der Waals surface area contributed by atoms with Gasteiger partial charge in [-0.3, -0.25) is 18.6 Å². The van der Waals surface area contributed by atoms with Crippen LogP contribution in [0.4, 0.5) is 0 Å². The first-order valence-electron chi connectivity index (χ1n) is 21.0. The number of carbonyl (C=O) groups excluding carboxylic acids is 2. The average Bonchev–Trinajstić information content (AvgIpc) is 3.15. The standard InChI is InChI=1S/C46H76NO8P/c1-6-8-10-12-14-16-18-20-22-23-25-27-29-31-33-35-37-39-46(49)55-44(43-54-56(50,51)53-41-40-47(3,4)5)42-52-45(48)38-36-34-32-30-28-26-24-21-19-17-15-13-11-9-7-2/h8,10,14-17,20-22,24-25,27-28,30-31,33,44H,6-7,9,11-13,18-19,23,26,29,32,34-43H2,1-5H3/p+1/b10-8-,16-14-,17-15-,22-20-,24-21-,27-25-,30-28-,33-31-/t44-/m1/s1. The third-order valence-electron chi connectivity index (χ3n) is 8.10. The highest BCUT2D eigenvalue weighted by Crippen LogP contribution is 2.43. The molecular formula is C46H77NO8P+. The fourth-order valence-electron chi connectivity index (χ4n) is 4.82. The van der Waals surface area contributed by atoms with Crippen LogP contribution in [0.5, 0.6) is 0 Å². The highest BCUT2D eigenvalue weighted by Gasteiger charge is 2.27. The molecule has 1 unspecified atom stereocenters. The minimum absolute atomic E-state index is 0.00919. The number of likely N-dealkylation sites (N-methyl/N-ethyl adjacent to an activating group) is 1. The molecule has 0 amide bonds. The Morgan fingerprint density at radius 1 is 0.571 bits per heavy atom. The molecule has 318 valence electrons. The first-order valence-corrected chi connectivity index (χ1v) is 22.5. The molecule has 0 fully saturated rings. The Bertz CT molecular complexity index is 1270. The number of rotatable bonds is 36. The van der Waals surface area contributed by atoms with Gasteiger partial charge in [-0.15, -0.1) is 0 Å². The monoisotopic (exact) mass is 803 g/mol. The van der Waals surface area contributed by atoms with Crippen LogP contribution in [0.2, 0.25) is 0 Å². The van der Waals surface area contributed by atoms with Gasteiger partial charge in [0.15, 0.2) is 6.10 Å². The minimum atomic E-state index is -4.40. The van der Waals surface area contributed by atoms with E-state index < -0.39 is 32.5 Å². The molecule has 2 atom stereocenters. The van der Waals surface area contributed by atoms with E-state index in [0.717, 1.165) is 64.2 Å². The molecule has 0 saturated heterocycles. The summed E-state index contributed by atoms with van der Waals surface area (Å²) in [7, 11) is 1.40. The van der Waals surface area contributed by atoms with Crippen molar-refractivity contribution >= 4 is 19.8 Å². The largest absolute Gasteiger partial charge is 0.472 e. The molecule has 0 aromatic carbocycles. The Morgan fingerprint density at radius 2 is 1.02 bits per heavy atom. The summed E-state index contributed by atoms with van der Waals surface area (Å²) in [5, 5.41) is 0. The number of esters is 2. The average molecular weight is 803 g/mol. The molecule has 0 spiro atoms. The number of phosphoric ester groups is 1. The number of unbranched alkanes of at least 4 members (excludes halogenated alkanes) is 6. The van der Waals surface area contributed by atoms with Crippen molar-refractivity contribution in [3.8, 4) is 0 Å².